The molecule has 1 aliphatic heterocycles. The van der Waals surface area contributed by atoms with Crippen LogP contribution in [-0.2, 0) is 4.74 Å². The predicted molar refractivity (Wildman–Crippen MR) is 88.7 cm³/mol. The molecule has 0 spiro atoms. The smallest absolute Gasteiger partial charge is 0.176 e. The van der Waals surface area contributed by atoms with Gasteiger partial charge in [-0.15, -0.1) is 0 Å². The van der Waals surface area contributed by atoms with Crippen molar-refractivity contribution >= 4 is 5.76 Å². The molecular formula is C18H26O5. The van der Waals surface area contributed by atoms with E-state index in [9.17, 15) is 5.11 Å². The summed E-state index contributed by atoms with van der Waals surface area (Å²) in [6.07, 6.45) is 2.80. The topological polar surface area (TPSA) is 68.2 Å². The summed E-state index contributed by atoms with van der Waals surface area (Å²) >= 11 is 0. The molecule has 1 unspecified atom stereocenters. The maximum Gasteiger partial charge on any atom is 0.176 e. The average molecular weight is 322 g/mol. The van der Waals surface area contributed by atoms with E-state index in [1.807, 2.05) is 0 Å². The molecule has 1 aromatic carbocycles. The van der Waals surface area contributed by atoms with E-state index in [4.69, 9.17) is 19.3 Å². The largest absolute Gasteiger partial charge is 0.504 e. The fourth-order valence-corrected chi connectivity index (χ4v) is 2.45. The van der Waals surface area contributed by atoms with Crippen LogP contribution in [0.5, 0.6) is 11.5 Å². The summed E-state index contributed by atoms with van der Waals surface area (Å²) in [5.74, 6) is 2.30. The zero-order chi connectivity index (χ0) is 16.7. The number of aliphatic hydroxyl groups is 2. The summed E-state index contributed by atoms with van der Waals surface area (Å²) in [5, 5.41) is 19.1. The van der Waals surface area contributed by atoms with E-state index in [2.05, 4.69) is 13.8 Å². The standard InChI is InChI=1S/C18H26O5/c1-3-5-13(2)11-22-17-12-23-16-10-14(21-9-4-8-19)6-7-15(16)18(17)20/h6-7,10,13,19-20H,3-5,8-9,11-12H2,1-2H3. The minimum atomic E-state index is 0.0993. The highest BCUT2D eigenvalue weighted by atomic mass is 16.5. The van der Waals surface area contributed by atoms with Gasteiger partial charge in [-0.2, -0.15) is 0 Å². The number of hydrogen-bond acceptors (Lipinski definition) is 5. The molecule has 2 rings (SSSR count). The summed E-state index contributed by atoms with van der Waals surface area (Å²) in [6.45, 7) is 5.62. The van der Waals surface area contributed by atoms with Crippen LogP contribution in [0.2, 0.25) is 0 Å². The van der Waals surface area contributed by atoms with Crippen molar-refractivity contribution in [3.8, 4) is 11.5 Å². The quantitative estimate of drug-likeness (QED) is 0.681. The number of fused-ring (bicyclic) bond motifs is 1. The van der Waals surface area contributed by atoms with Gasteiger partial charge in [0.2, 0.25) is 0 Å². The fraction of sp³-hybridized carbons (Fsp3) is 0.556. The SMILES string of the molecule is CCCC(C)COC1=C(O)c2ccc(OCCCO)cc2OC1. The molecule has 0 radical (unpaired) electrons. The highest BCUT2D eigenvalue weighted by molar-refractivity contribution is 5.69. The van der Waals surface area contributed by atoms with Gasteiger partial charge >= 0.3 is 0 Å². The second-order valence-corrected chi connectivity index (χ2v) is 5.85. The second kappa shape index (κ2) is 8.67. The zero-order valence-electron chi connectivity index (χ0n) is 13.9. The van der Waals surface area contributed by atoms with Crippen LogP contribution in [0.15, 0.2) is 24.0 Å². The molecule has 0 amide bonds. The van der Waals surface area contributed by atoms with Crippen LogP contribution in [0.4, 0.5) is 0 Å². The monoisotopic (exact) mass is 322 g/mol. The van der Waals surface area contributed by atoms with Gasteiger partial charge in [0.05, 0.1) is 18.8 Å². The molecular weight excluding hydrogens is 296 g/mol. The van der Waals surface area contributed by atoms with E-state index in [1.54, 1.807) is 18.2 Å². The van der Waals surface area contributed by atoms with Crippen LogP contribution >= 0.6 is 0 Å². The minimum absolute atomic E-state index is 0.0993. The second-order valence-electron chi connectivity index (χ2n) is 5.85. The first kappa shape index (κ1) is 17.5. The van der Waals surface area contributed by atoms with E-state index in [0.29, 0.717) is 48.4 Å². The zero-order valence-corrected chi connectivity index (χ0v) is 13.9. The first-order valence-corrected chi connectivity index (χ1v) is 8.21. The van der Waals surface area contributed by atoms with E-state index < -0.39 is 0 Å². The van der Waals surface area contributed by atoms with Crippen LogP contribution in [0.25, 0.3) is 5.76 Å². The van der Waals surface area contributed by atoms with E-state index >= 15 is 0 Å². The van der Waals surface area contributed by atoms with E-state index in [1.165, 1.54) is 0 Å². The van der Waals surface area contributed by atoms with Crippen molar-refractivity contribution in [1.29, 1.82) is 0 Å². The van der Waals surface area contributed by atoms with Crippen molar-refractivity contribution in [3.63, 3.8) is 0 Å². The number of benzene rings is 1. The molecule has 128 valence electrons. The summed E-state index contributed by atoms with van der Waals surface area (Å²) < 4.78 is 16.9. The molecule has 0 saturated carbocycles. The van der Waals surface area contributed by atoms with E-state index in [0.717, 1.165) is 12.8 Å². The highest BCUT2D eigenvalue weighted by Crippen LogP contribution is 2.35. The van der Waals surface area contributed by atoms with Crippen LogP contribution in [0.3, 0.4) is 0 Å². The molecule has 0 bridgehead atoms. The van der Waals surface area contributed by atoms with Gasteiger partial charge in [-0.05, 0) is 24.5 Å². The maximum atomic E-state index is 10.4. The van der Waals surface area contributed by atoms with Crippen LogP contribution in [0, 0.1) is 5.92 Å². The van der Waals surface area contributed by atoms with Crippen molar-refractivity contribution in [3.05, 3.63) is 29.5 Å². The van der Waals surface area contributed by atoms with Gasteiger partial charge in [0.15, 0.2) is 11.5 Å². The predicted octanol–water partition coefficient (Wildman–Crippen LogP) is 3.52. The maximum absolute atomic E-state index is 10.4. The molecule has 23 heavy (non-hydrogen) atoms. The molecule has 5 heteroatoms. The molecule has 1 atom stereocenters. The molecule has 0 saturated heterocycles. The van der Waals surface area contributed by atoms with Crippen molar-refractivity contribution in [2.24, 2.45) is 5.92 Å². The van der Waals surface area contributed by atoms with Gasteiger partial charge in [0, 0.05) is 19.1 Å². The Labute approximate surface area is 137 Å². The summed E-state index contributed by atoms with van der Waals surface area (Å²) in [6, 6.07) is 5.29. The number of rotatable bonds is 9. The Morgan fingerprint density at radius 3 is 2.87 bits per heavy atom. The number of aliphatic hydroxyl groups excluding tert-OH is 2. The summed E-state index contributed by atoms with van der Waals surface area (Å²) in [7, 11) is 0. The van der Waals surface area contributed by atoms with Gasteiger partial charge in [-0.1, -0.05) is 20.3 Å². The lowest BCUT2D eigenvalue weighted by molar-refractivity contribution is 0.129. The molecule has 0 fully saturated rings. The Balaban J connectivity index is 2.02. The Hall–Kier alpha value is -1.88. The molecule has 1 aromatic rings. The first-order chi connectivity index (χ1) is 11.2. The van der Waals surface area contributed by atoms with Crippen LogP contribution in [0.1, 0.15) is 38.7 Å². The highest BCUT2D eigenvalue weighted by Gasteiger charge is 2.22. The fourth-order valence-electron chi connectivity index (χ4n) is 2.45. The number of ether oxygens (including phenoxy) is 3. The van der Waals surface area contributed by atoms with Crippen molar-refractivity contribution in [2.45, 2.75) is 33.1 Å². The van der Waals surface area contributed by atoms with Crippen molar-refractivity contribution < 1.29 is 24.4 Å². The van der Waals surface area contributed by atoms with E-state index in [-0.39, 0.29) is 19.0 Å². The molecule has 5 nitrogen and oxygen atoms in total. The van der Waals surface area contributed by atoms with Crippen molar-refractivity contribution in [2.75, 3.05) is 26.4 Å². The lowest BCUT2D eigenvalue weighted by Crippen LogP contribution is -2.16. The van der Waals surface area contributed by atoms with Gasteiger partial charge in [-0.25, -0.2) is 0 Å². The Morgan fingerprint density at radius 2 is 2.13 bits per heavy atom. The summed E-state index contributed by atoms with van der Waals surface area (Å²) in [4.78, 5) is 0. The van der Waals surface area contributed by atoms with Crippen LogP contribution in [-0.4, -0.2) is 36.6 Å². The third-order valence-electron chi connectivity index (χ3n) is 3.73. The lowest BCUT2D eigenvalue weighted by Gasteiger charge is -2.22. The average Bonchev–Trinajstić information content (AvgIpc) is 2.55. The number of hydrogen-bond donors (Lipinski definition) is 2. The molecule has 0 aliphatic carbocycles. The van der Waals surface area contributed by atoms with Gasteiger partial charge in [0.25, 0.3) is 0 Å². The summed E-state index contributed by atoms with van der Waals surface area (Å²) in [5.41, 5.74) is 0.615. The Bertz CT molecular complexity index is 538. The van der Waals surface area contributed by atoms with Gasteiger partial charge < -0.3 is 24.4 Å². The Kier molecular flexibility index (Phi) is 6.59. The molecule has 0 aromatic heterocycles. The lowest BCUT2D eigenvalue weighted by atomic mass is 10.1. The first-order valence-electron chi connectivity index (χ1n) is 8.21. The Morgan fingerprint density at radius 1 is 1.30 bits per heavy atom. The van der Waals surface area contributed by atoms with Crippen molar-refractivity contribution in [1.82, 2.24) is 0 Å². The molecule has 1 heterocycles. The van der Waals surface area contributed by atoms with Gasteiger partial charge in [-0.3, -0.25) is 0 Å². The molecule has 1 aliphatic rings. The third kappa shape index (κ3) is 4.79. The third-order valence-corrected chi connectivity index (χ3v) is 3.73. The molecule has 2 N–H and O–H groups in total. The minimum Gasteiger partial charge on any atom is -0.504 e. The van der Waals surface area contributed by atoms with Crippen LogP contribution < -0.4 is 9.47 Å². The normalized spacial score (nSPS) is 14.9. The van der Waals surface area contributed by atoms with Gasteiger partial charge in [0.1, 0.15) is 18.1 Å².